The van der Waals surface area contributed by atoms with Crippen LogP contribution in [-0.4, -0.2) is 0 Å². The standard InChI is InChI=1S/C19H26/c1-5-15-16(6-2)18(8-4)19(17(15)7-3)14-12-10-9-11-13-14/h9-13,17H,5-8H2,1-4H3. The predicted octanol–water partition coefficient (Wildman–Crippen LogP) is 6.01. The van der Waals surface area contributed by atoms with Crippen LogP contribution in [0.3, 0.4) is 0 Å². The van der Waals surface area contributed by atoms with E-state index in [4.69, 9.17) is 0 Å². The molecule has 0 fully saturated rings. The predicted molar refractivity (Wildman–Crippen MR) is 85.0 cm³/mol. The zero-order valence-corrected chi connectivity index (χ0v) is 12.8. The molecule has 0 aromatic heterocycles. The van der Waals surface area contributed by atoms with Gasteiger partial charge in [0, 0.05) is 5.92 Å². The SMILES string of the molecule is CCC1=C(CC)C(CC)C(c2ccccc2)=C1CC. The fourth-order valence-corrected chi connectivity index (χ4v) is 3.70. The molecule has 102 valence electrons. The van der Waals surface area contributed by atoms with Crippen LogP contribution >= 0.6 is 0 Å². The summed E-state index contributed by atoms with van der Waals surface area (Å²) in [5.74, 6) is 0.650. The average molecular weight is 254 g/mol. The Bertz CT molecular complexity index is 488. The van der Waals surface area contributed by atoms with Crippen molar-refractivity contribution in [2.75, 3.05) is 0 Å². The topological polar surface area (TPSA) is 0 Å². The fraction of sp³-hybridized carbons (Fsp3) is 0.474. The Balaban J connectivity index is 2.57. The molecular weight excluding hydrogens is 228 g/mol. The van der Waals surface area contributed by atoms with E-state index >= 15 is 0 Å². The molecule has 2 rings (SSSR count). The number of allylic oxidation sites excluding steroid dienone is 4. The Labute approximate surface area is 118 Å². The first-order chi connectivity index (χ1) is 9.28. The van der Waals surface area contributed by atoms with Gasteiger partial charge >= 0.3 is 0 Å². The van der Waals surface area contributed by atoms with Gasteiger partial charge in [0.15, 0.2) is 0 Å². The zero-order chi connectivity index (χ0) is 13.8. The van der Waals surface area contributed by atoms with Crippen molar-refractivity contribution in [1.29, 1.82) is 0 Å². The van der Waals surface area contributed by atoms with Crippen LogP contribution in [0.5, 0.6) is 0 Å². The number of benzene rings is 1. The molecule has 1 aromatic rings. The van der Waals surface area contributed by atoms with Crippen molar-refractivity contribution < 1.29 is 0 Å². The van der Waals surface area contributed by atoms with Crippen molar-refractivity contribution in [1.82, 2.24) is 0 Å². The molecule has 19 heavy (non-hydrogen) atoms. The summed E-state index contributed by atoms with van der Waals surface area (Å²) in [5, 5.41) is 0. The van der Waals surface area contributed by atoms with Crippen LogP contribution in [0.15, 0.2) is 47.1 Å². The van der Waals surface area contributed by atoms with Gasteiger partial charge in [-0.25, -0.2) is 0 Å². The van der Waals surface area contributed by atoms with Gasteiger partial charge in [-0.2, -0.15) is 0 Å². The lowest BCUT2D eigenvalue weighted by Crippen LogP contribution is -2.02. The molecular formula is C19H26. The van der Waals surface area contributed by atoms with Crippen molar-refractivity contribution in [3.63, 3.8) is 0 Å². The van der Waals surface area contributed by atoms with E-state index in [0.29, 0.717) is 5.92 Å². The molecule has 0 radical (unpaired) electrons. The van der Waals surface area contributed by atoms with Gasteiger partial charge in [0.1, 0.15) is 0 Å². The molecule has 1 aromatic carbocycles. The van der Waals surface area contributed by atoms with E-state index in [-0.39, 0.29) is 0 Å². The molecule has 0 saturated heterocycles. The van der Waals surface area contributed by atoms with Crippen LogP contribution in [0, 0.1) is 5.92 Å². The van der Waals surface area contributed by atoms with Crippen LogP contribution in [0.1, 0.15) is 58.9 Å². The van der Waals surface area contributed by atoms with E-state index in [2.05, 4.69) is 58.0 Å². The van der Waals surface area contributed by atoms with Crippen molar-refractivity contribution >= 4 is 5.57 Å². The Kier molecular flexibility index (Phi) is 4.63. The lowest BCUT2D eigenvalue weighted by Gasteiger charge is -2.18. The molecule has 1 aliphatic carbocycles. The third kappa shape index (κ3) is 2.41. The summed E-state index contributed by atoms with van der Waals surface area (Å²) < 4.78 is 0. The van der Waals surface area contributed by atoms with Crippen molar-refractivity contribution in [3.05, 3.63) is 52.6 Å². The van der Waals surface area contributed by atoms with E-state index in [1.165, 1.54) is 24.8 Å². The van der Waals surface area contributed by atoms with Gasteiger partial charge in [-0.15, -0.1) is 0 Å². The summed E-state index contributed by atoms with van der Waals surface area (Å²) in [6.07, 6.45) is 4.76. The van der Waals surface area contributed by atoms with Gasteiger partial charge in [-0.05, 0) is 48.0 Å². The van der Waals surface area contributed by atoms with Crippen LogP contribution in [0.4, 0.5) is 0 Å². The Hall–Kier alpha value is -1.30. The molecule has 0 heteroatoms. The average Bonchev–Trinajstić information content (AvgIpc) is 2.80. The Morgan fingerprint density at radius 3 is 1.89 bits per heavy atom. The molecule has 0 saturated carbocycles. The quantitative estimate of drug-likeness (QED) is 0.604. The molecule has 1 aliphatic rings. The lowest BCUT2D eigenvalue weighted by atomic mass is 9.86. The summed E-state index contributed by atoms with van der Waals surface area (Å²) in [6.45, 7) is 9.25. The molecule has 0 spiro atoms. The molecule has 0 nitrogen and oxygen atoms in total. The third-order valence-corrected chi connectivity index (χ3v) is 4.43. The second-order valence-electron chi connectivity index (χ2n) is 5.28. The minimum Gasteiger partial charge on any atom is -0.0645 e. The highest BCUT2D eigenvalue weighted by Gasteiger charge is 2.30. The summed E-state index contributed by atoms with van der Waals surface area (Å²) in [6, 6.07) is 11.0. The number of hydrogen-bond donors (Lipinski definition) is 0. The van der Waals surface area contributed by atoms with E-state index in [1.807, 2.05) is 0 Å². The second-order valence-corrected chi connectivity index (χ2v) is 5.28. The van der Waals surface area contributed by atoms with E-state index in [1.54, 1.807) is 22.3 Å². The van der Waals surface area contributed by atoms with Gasteiger partial charge in [0.25, 0.3) is 0 Å². The molecule has 0 amide bonds. The first-order valence-electron chi connectivity index (χ1n) is 7.79. The van der Waals surface area contributed by atoms with Crippen LogP contribution in [-0.2, 0) is 0 Å². The minimum atomic E-state index is 0.650. The number of hydrogen-bond acceptors (Lipinski definition) is 0. The lowest BCUT2D eigenvalue weighted by molar-refractivity contribution is 0.719. The third-order valence-electron chi connectivity index (χ3n) is 4.43. The Morgan fingerprint density at radius 1 is 0.789 bits per heavy atom. The fourth-order valence-electron chi connectivity index (χ4n) is 3.70. The molecule has 0 aliphatic heterocycles. The molecule has 0 bridgehead atoms. The van der Waals surface area contributed by atoms with E-state index < -0.39 is 0 Å². The maximum atomic E-state index is 2.33. The van der Waals surface area contributed by atoms with Crippen molar-refractivity contribution in [2.45, 2.75) is 53.4 Å². The van der Waals surface area contributed by atoms with E-state index in [0.717, 1.165) is 6.42 Å². The summed E-state index contributed by atoms with van der Waals surface area (Å²) in [4.78, 5) is 0. The normalized spacial score (nSPS) is 19.5. The van der Waals surface area contributed by atoms with Gasteiger partial charge in [-0.1, -0.05) is 63.6 Å². The monoisotopic (exact) mass is 254 g/mol. The minimum absolute atomic E-state index is 0.650. The van der Waals surface area contributed by atoms with Crippen LogP contribution < -0.4 is 0 Å². The summed E-state index contributed by atoms with van der Waals surface area (Å²) >= 11 is 0. The maximum Gasteiger partial charge on any atom is 0.00601 e. The molecule has 0 N–H and O–H groups in total. The van der Waals surface area contributed by atoms with Gasteiger partial charge in [-0.3, -0.25) is 0 Å². The van der Waals surface area contributed by atoms with Crippen LogP contribution in [0.2, 0.25) is 0 Å². The van der Waals surface area contributed by atoms with E-state index in [9.17, 15) is 0 Å². The summed E-state index contributed by atoms with van der Waals surface area (Å²) in [5.41, 5.74) is 8.01. The highest BCUT2D eigenvalue weighted by Crippen LogP contribution is 2.47. The molecule has 0 heterocycles. The van der Waals surface area contributed by atoms with Gasteiger partial charge < -0.3 is 0 Å². The smallest absolute Gasteiger partial charge is 0.00601 e. The summed E-state index contributed by atoms with van der Waals surface area (Å²) in [7, 11) is 0. The largest absolute Gasteiger partial charge is 0.0645 e. The highest BCUT2D eigenvalue weighted by molar-refractivity contribution is 5.80. The number of rotatable bonds is 5. The van der Waals surface area contributed by atoms with Crippen molar-refractivity contribution in [2.24, 2.45) is 5.92 Å². The molecule has 1 unspecified atom stereocenters. The molecule has 1 atom stereocenters. The first kappa shape index (κ1) is 14.1. The Morgan fingerprint density at radius 2 is 1.42 bits per heavy atom. The maximum absolute atomic E-state index is 2.33. The van der Waals surface area contributed by atoms with Gasteiger partial charge in [0.05, 0.1) is 0 Å². The second kappa shape index (κ2) is 6.23. The highest BCUT2D eigenvalue weighted by atomic mass is 14.3. The zero-order valence-electron chi connectivity index (χ0n) is 12.8. The van der Waals surface area contributed by atoms with Gasteiger partial charge in [0.2, 0.25) is 0 Å². The first-order valence-corrected chi connectivity index (χ1v) is 7.79. The van der Waals surface area contributed by atoms with Crippen molar-refractivity contribution in [3.8, 4) is 0 Å². The van der Waals surface area contributed by atoms with Crippen LogP contribution in [0.25, 0.3) is 5.57 Å².